The van der Waals surface area contributed by atoms with Gasteiger partial charge in [-0.25, -0.2) is 0 Å². The SMILES string of the molecule is C=C(C)C(=O)Nc1cccc([Si](OC)OC)c1CCC. The van der Waals surface area contributed by atoms with Crippen LogP contribution in [0.15, 0.2) is 30.4 Å². The Labute approximate surface area is 122 Å². The Balaban J connectivity index is 3.20. The van der Waals surface area contributed by atoms with Crippen LogP contribution in [-0.2, 0) is 20.1 Å². The number of hydrogen-bond donors (Lipinski definition) is 1. The maximum atomic E-state index is 11.8. The summed E-state index contributed by atoms with van der Waals surface area (Å²) in [6, 6.07) is 5.81. The van der Waals surface area contributed by atoms with Crippen molar-refractivity contribution < 1.29 is 13.6 Å². The first-order valence-corrected chi connectivity index (χ1v) is 7.90. The molecule has 0 atom stereocenters. The third-order valence-electron chi connectivity index (χ3n) is 2.90. The molecule has 20 heavy (non-hydrogen) atoms. The van der Waals surface area contributed by atoms with Crippen LogP contribution in [-0.4, -0.2) is 29.4 Å². The molecular weight excluding hydrogens is 270 g/mol. The van der Waals surface area contributed by atoms with E-state index in [0.717, 1.165) is 29.3 Å². The minimum atomic E-state index is -1.50. The van der Waals surface area contributed by atoms with Crippen LogP contribution in [0, 0.1) is 0 Å². The standard InChI is InChI=1S/C15H22NO3Si/c1-6-8-12-13(16-15(17)11(2)3)9-7-10-14(12)20(18-4)19-5/h7,9-10H,2,6,8H2,1,3-5H3,(H,16,17). The summed E-state index contributed by atoms with van der Waals surface area (Å²) in [5.74, 6) is -0.164. The van der Waals surface area contributed by atoms with Gasteiger partial charge in [0.2, 0.25) is 0 Å². The molecule has 0 spiro atoms. The van der Waals surface area contributed by atoms with Crippen LogP contribution in [0.2, 0.25) is 0 Å². The topological polar surface area (TPSA) is 47.6 Å². The Morgan fingerprint density at radius 1 is 1.35 bits per heavy atom. The average Bonchev–Trinajstić information content (AvgIpc) is 2.43. The van der Waals surface area contributed by atoms with Gasteiger partial charge in [-0.1, -0.05) is 32.1 Å². The lowest BCUT2D eigenvalue weighted by molar-refractivity contribution is -0.112. The molecular formula is C15H22NO3Si. The third-order valence-corrected chi connectivity index (χ3v) is 4.55. The number of anilines is 1. The number of amides is 1. The highest BCUT2D eigenvalue weighted by Gasteiger charge is 2.22. The number of carbonyl (C=O) groups excluding carboxylic acids is 1. The van der Waals surface area contributed by atoms with Crippen LogP contribution in [0.3, 0.4) is 0 Å². The van der Waals surface area contributed by atoms with Crippen molar-refractivity contribution in [3.05, 3.63) is 35.9 Å². The smallest absolute Gasteiger partial charge is 0.393 e. The molecule has 0 aliphatic heterocycles. The maximum absolute atomic E-state index is 11.8. The zero-order chi connectivity index (χ0) is 15.1. The second-order valence-corrected chi connectivity index (χ2v) is 6.44. The van der Waals surface area contributed by atoms with E-state index in [2.05, 4.69) is 18.8 Å². The van der Waals surface area contributed by atoms with Crippen molar-refractivity contribution in [1.82, 2.24) is 0 Å². The molecule has 0 aliphatic rings. The highest BCUT2D eigenvalue weighted by molar-refractivity contribution is 6.62. The molecule has 0 heterocycles. The Kier molecular flexibility index (Phi) is 6.64. The summed E-state index contributed by atoms with van der Waals surface area (Å²) in [5.41, 5.74) is 2.39. The molecule has 0 bridgehead atoms. The van der Waals surface area contributed by atoms with Gasteiger partial charge in [0.25, 0.3) is 5.91 Å². The molecule has 1 aromatic carbocycles. The largest absolute Gasteiger partial charge is 0.423 e. The van der Waals surface area contributed by atoms with Gasteiger partial charge >= 0.3 is 9.28 Å². The van der Waals surface area contributed by atoms with Crippen LogP contribution < -0.4 is 10.5 Å². The number of rotatable bonds is 7. The van der Waals surface area contributed by atoms with Crippen molar-refractivity contribution in [3.63, 3.8) is 0 Å². The van der Waals surface area contributed by atoms with Crippen LogP contribution in [0.5, 0.6) is 0 Å². The minimum Gasteiger partial charge on any atom is -0.393 e. The molecule has 109 valence electrons. The lowest BCUT2D eigenvalue weighted by atomic mass is 10.1. The molecule has 0 saturated carbocycles. The summed E-state index contributed by atoms with van der Waals surface area (Å²) >= 11 is 0. The van der Waals surface area contributed by atoms with Crippen LogP contribution in [0.1, 0.15) is 25.8 Å². The molecule has 0 saturated heterocycles. The normalized spacial score (nSPS) is 10.7. The van der Waals surface area contributed by atoms with E-state index < -0.39 is 9.28 Å². The van der Waals surface area contributed by atoms with E-state index in [1.807, 2.05) is 18.2 Å². The average molecular weight is 292 g/mol. The second-order valence-electron chi connectivity index (χ2n) is 4.51. The Morgan fingerprint density at radius 3 is 2.50 bits per heavy atom. The fourth-order valence-electron chi connectivity index (χ4n) is 1.95. The number of hydrogen-bond acceptors (Lipinski definition) is 3. The quantitative estimate of drug-likeness (QED) is 0.619. The highest BCUT2D eigenvalue weighted by Crippen LogP contribution is 2.17. The molecule has 4 nitrogen and oxygen atoms in total. The zero-order valence-corrected chi connectivity index (χ0v) is 13.6. The molecule has 0 unspecified atom stereocenters. The molecule has 1 radical (unpaired) electrons. The summed E-state index contributed by atoms with van der Waals surface area (Å²) in [6.07, 6.45) is 1.85. The first-order valence-electron chi connectivity index (χ1n) is 6.59. The Morgan fingerprint density at radius 2 is 2.00 bits per heavy atom. The molecule has 1 rings (SSSR count). The monoisotopic (exact) mass is 292 g/mol. The van der Waals surface area contributed by atoms with Crippen molar-refractivity contribution in [1.29, 1.82) is 0 Å². The summed E-state index contributed by atoms with van der Waals surface area (Å²) in [7, 11) is 1.79. The number of carbonyl (C=O) groups is 1. The molecule has 5 heteroatoms. The van der Waals surface area contributed by atoms with Crippen LogP contribution >= 0.6 is 0 Å². The predicted molar refractivity (Wildman–Crippen MR) is 83.3 cm³/mol. The lowest BCUT2D eigenvalue weighted by Crippen LogP contribution is -2.38. The second kappa shape index (κ2) is 7.99. The van der Waals surface area contributed by atoms with Gasteiger partial charge in [0.05, 0.1) is 0 Å². The summed E-state index contributed by atoms with van der Waals surface area (Å²) in [6.45, 7) is 7.46. The zero-order valence-electron chi connectivity index (χ0n) is 12.6. The number of benzene rings is 1. The summed E-state index contributed by atoms with van der Waals surface area (Å²) in [5, 5.41) is 3.95. The van der Waals surface area contributed by atoms with E-state index in [9.17, 15) is 4.79 Å². The van der Waals surface area contributed by atoms with Gasteiger partial charge in [-0.3, -0.25) is 4.79 Å². The Hall–Kier alpha value is -1.43. The fourth-order valence-corrected chi connectivity index (χ4v) is 3.29. The van der Waals surface area contributed by atoms with Crippen molar-refractivity contribution in [3.8, 4) is 0 Å². The van der Waals surface area contributed by atoms with Gasteiger partial charge in [-0.2, -0.15) is 0 Å². The van der Waals surface area contributed by atoms with E-state index in [1.165, 1.54) is 0 Å². The minimum absolute atomic E-state index is 0.164. The summed E-state index contributed by atoms with van der Waals surface area (Å²) < 4.78 is 10.9. The third kappa shape index (κ3) is 4.03. The van der Waals surface area contributed by atoms with E-state index in [1.54, 1.807) is 21.1 Å². The van der Waals surface area contributed by atoms with Gasteiger partial charge in [-0.15, -0.1) is 0 Å². The van der Waals surface area contributed by atoms with Gasteiger partial charge in [-0.05, 0) is 25.0 Å². The summed E-state index contributed by atoms with van der Waals surface area (Å²) in [4.78, 5) is 11.8. The van der Waals surface area contributed by atoms with Gasteiger partial charge in [0.1, 0.15) is 0 Å². The van der Waals surface area contributed by atoms with Gasteiger partial charge < -0.3 is 14.2 Å². The highest BCUT2D eigenvalue weighted by atomic mass is 28.3. The number of nitrogens with one attached hydrogen (secondary N) is 1. The van der Waals surface area contributed by atoms with Crippen molar-refractivity contribution in [2.45, 2.75) is 26.7 Å². The molecule has 1 amide bonds. The molecule has 0 aliphatic carbocycles. The van der Waals surface area contributed by atoms with Crippen molar-refractivity contribution >= 4 is 26.1 Å². The van der Waals surface area contributed by atoms with Crippen molar-refractivity contribution in [2.75, 3.05) is 19.5 Å². The first-order chi connectivity index (χ1) is 9.54. The van der Waals surface area contributed by atoms with Gasteiger partial charge in [0, 0.05) is 30.7 Å². The van der Waals surface area contributed by atoms with Crippen molar-refractivity contribution in [2.24, 2.45) is 0 Å². The van der Waals surface area contributed by atoms with E-state index in [0.29, 0.717) is 5.57 Å². The molecule has 1 N–H and O–H groups in total. The Bertz CT molecular complexity index is 484. The van der Waals surface area contributed by atoms with Crippen LogP contribution in [0.25, 0.3) is 0 Å². The lowest BCUT2D eigenvalue weighted by Gasteiger charge is -2.18. The predicted octanol–water partition coefficient (Wildman–Crippen LogP) is 2.14. The molecule has 0 aromatic heterocycles. The molecule has 1 aromatic rings. The van der Waals surface area contributed by atoms with E-state index in [-0.39, 0.29) is 5.91 Å². The van der Waals surface area contributed by atoms with Gasteiger partial charge in [0.15, 0.2) is 0 Å². The molecule has 0 fully saturated rings. The first kappa shape index (κ1) is 16.6. The van der Waals surface area contributed by atoms with E-state index >= 15 is 0 Å². The fraction of sp³-hybridized carbons (Fsp3) is 0.400. The maximum Gasteiger partial charge on any atom is 0.423 e. The van der Waals surface area contributed by atoms with Crippen LogP contribution in [0.4, 0.5) is 5.69 Å². The van der Waals surface area contributed by atoms with E-state index in [4.69, 9.17) is 8.85 Å².